The van der Waals surface area contributed by atoms with Gasteiger partial charge in [-0.25, -0.2) is 15.0 Å². The van der Waals surface area contributed by atoms with Crippen LogP contribution in [0.4, 0.5) is 5.82 Å². The van der Waals surface area contributed by atoms with Gasteiger partial charge in [0, 0.05) is 66.5 Å². The lowest BCUT2D eigenvalue weighted by atomic mass is 9.86. The van der Waals surface area contributed by atoms with E-state index in [-0.39, 0.29) is 0 Å². The van der Waals surface area contributed by atoms with E-state index in [1.54, 1.807) is 0 Å². The molecule has 1 aliphatic heterocycles. The van der Waals surface area contributed by atoms with Crippen molar-refractivity contribution in [3.05, 3.63) is 42.0 Å². The minimum Gasteiger partial charge on any atom is -0.353 e. The normalized spacial score (nSPS) is 26.3. The Hall–Kier alpha value is -3.06. The number of piperazine rings is 1. The van der Waals surface area contributed by atoms with Gasteiger partial charge in [-0.3, -0.25) is 4.98 Å². The molecule has 2 N–H and O–H groups in total. The van der Waals surface area contributed by atoms with Crippen molar-refractivity contribution in [2.45, 2.75) is 50.4 Å². The number of hydrogen-bond acceptors (Lipinski definition) is 6. The number of nitrogens with zero attached hydrogens (tertiary/aromatic N) is 5. The summed E-state index contributed by atoms with van der Waals surface area (Å²) in [5, 5.41) is 5.83. The molecule has 3 aliphatic carbocycles. The van der Waals surface area contributed by atoms with E-state index < -0.39 is 0 Å². The molecule has 3 atom stereocenters. The van der Waals surface area contributed by atoms with Gasteiger partial charge in [-0.15, -0.1) is 0 Å². The first-order chi connectivity index (χ1) is 17.3. The van der Waals surface area contributed by atoms with Gasteiger partial charge in [0.05, 0.1) is 11.7 Å². The van der Waals surface area contributed by atoms with E-state index in [0.29, 0.717) is 11.8 Å². The molecule has 178 valence electrons. The molecule has 5 heterocycles. The lowest BCUT2D eigenvalue weighted by Gasteiger charge is -2.30. The monoisotopic (exact) mass is 465 g/mol. The van der Waals surface area contributed by atoms with Crippen molar-refractivity contribution in [2.75, 3.05) is 31.1 Å². The predicted molar refractivity (Wildman–Crippen MR) is 138 cm³/mol. The summed E-state index contributed by atoms with van der Waals surface area (Å²) in [6, 6.07) is 4.43. The Morgan fingerprint density at radius 1 is 0.971 bits per heavy atom. The lowest BCUT2D eigenvalue weighted by molar-refractivity contribution is 0.414. The highest BCUT2D eigenvalue weighted by Gasteiger charge is 2.41. The Morgan fingerprint density at radius 2 is 1.89 bits per heavy atom. The van der Waals surface area contributed by atoms with Crippen LogP contribution in [0.5, 0.6) is 0 Å². The smallest absolute Gasteiger partial charge is 0.163 e. The molecular weight excluding hydrogens is 434 g/mol. The second kappa shape index (κ2) is 7.72. The highest BCUT2D eigenvalue weighted by atomic mass is 15.2. The van der Waals surface area contributed by atoms with Crippen LogP contribution in [0.3, 0.4) is 0 Å². The highest BCUT2D eigenvalue weighted by molar-refractivity contribution is 5.97. The number of fused-ring (bicyclic) bond motifs is 4. The van der Waals surface area contributed by atoms with Crippen molar-refractivity contribution in [1.29, 1.82) is 0 Å². The Labute approximate surface area is 204 Å². The van der Waals surface area contributed by atoms with Gasteiger partial charge in [0.1, 0.15) is 11.5 Å². The minimum absolute atomic E-state index is 0.601. The molecule has 2 bridgehead atoms. The molecule has 8 rings (SSSR count). The summed E-state index contributed by atoms with van der Waals surface area (Å²) >= 11 is 0. The van der Waals surface area contributed by atoms with E-state index in [1.807, 2.05) is 18.6 Å². The molecule has 7 nitrogen and oxygen atoms in total. The van der Waals surface area contributed by atoms with Crippen molar-refractivity contribution in [2.24, 2.45) is 11.8 Å². The van der Waals surface area contributed by atoms with Crippen LogP contribution in [0.2, 0.25) is 0 Å². The molecule has 4 aliphatic rings. The standard InChI is InChI=1S/C28H31N7/c1-2-18-11-16(1)12-20(18)23-13-21-19(5-6-31-26(21)32-23)27-33-24-15-30-14-22(17-3-4-17)25(24)28(34-27)35-9-7-29-8-10-35/h5-6,13-18,20,29H,1-4,7-12H2,(H,31,32)/t16-,18+,20?/m0/s1. The molecule has 0 amide bonds. The molecule has 4 aromatic heterocycles. The summed E-state index contributed by atoms with van der Waals surface area (Å²) in [6.45, 7) is 3.88. The third kappa shape index (κ3) is 3.28. The molecule has 35 heavy (non-hydrogen) atoms. The molecule has 0 aromatic carbocycles. The maximum absolute atomic E-state index is 5.28. The zero-order valence-electron chi connectivity index (χ0n) is 20.0. The number of aromatic amines is 1. The SMILES string of the molecule is c1cc(-c2nc(N3CCNCC3)c3c(C4CC4)cncc3n2)c2cc(C3C[C@H]4CC[C@@H]3C4)[nH]c2n1. The second-order valence-corrected chi connectivity index (χ2v) is 11.1. The molecule has 7 heteroatoms. The van der Waals surface area contributed by atoms with Crippen molar-refractivity contribution in [3.8, 4) is 11.4 Å². The average Bonchev–Trinajstić information content (AvgIpc) is 3.31. The first-order valence-corrected chi connectivity index (χ1v) is 13.4. The van der Waals surface area contributed by atoms with Gasteiger partial charge >= 0.3 is 0 Å². The third-order valence-electron chi connectivity index (χ3n) is 8.98. The Balaban J connectivity index is 1.29. The van der Waals surface area contributed by atoms with Gasteiger partial charge < -0.3 is 15.2 Å². The number of rotatable bonds is 4. The first-order valence-electron chi connectivity index (χ1n) is 13.4. The van der Waals surface area contributed by atoms with Gasteiger partial charge in [-0.1, -0.05) is 6.42 Å². The van der Waals surface area contributed by atoms with Crippen LogP contribution in [0.1, 0.15) is 61.6 Å². The summed E-state index contributed by atoms with van der Waals surface area (Å²) in [4.78, 5) is 25.8. The summed E-state index contributed by atoms with van der Waals surface area (Å²) in [5.74, 6) is 4.86. The summed E-state index contributed by atoms with van der Waals surface area (Å²) < 4.78 is 0. The van der Waals surface area contributed by atoms with Gasteiger partial charge in [-0.2, -0.15) is 0 Å². The summed E-state index contributed by atoms with van der Waals surface area (Å²) in [5.41, 5.74) is 5.66. The molecule has 3 saturated carbocycles. The Bertz CT molecular complexity index is 1430. The molecule has 1 saturated heterocycles. The van der Waals surface area contributed by atoms with E-state index in [2.05, 4.69) is 32.3 Å². The largest absolute Gasteiger partial charge is 0.353 e. The fourth-order valence-electron chi connectivity index (χ4n) is 7.09. The Morgan fingerprint density at radius 3 is 2.69 bits per heavy atom. The van der Waals surface area contributed by atoms with E-state index in [4.69, 9.17) is 15.0 Å². The Kier molecular flexibility index (Phi) is 4.45. The highest BCUT2D eigenvalue weighted by Crippen LogP contribution is 2.53. The van der Waals surface area contributed by atoms with Gasteiger partial charge in [0.15, 0.2) is 5.82 Å². The zero-order valence-corrected chi connectivity index (χ0v) is 20.0. The number of nitrogens with one attached hydrogen (secondary N) is 2. The zero-order chi connectivity index (χ0) is 22.9. The van der Waals surface area contributed by atoms with Gasteiger partial charge in [0.2, 0.25) is 0 Å². The number of aromatic nitrogens is 5. The average molecular weight is 466 g/mol. The second-order valence-electron chi connectivity index (χ2n) is 11.1. The molecule has 0 radical (unpaired) electrons. The van der Waals surface area contributed by atoms with E-state index >= 15 is 0 Å². The number of pyridine rings is 2. The van der Waals surface area contributed by atoms with Crippen molar-refractivity contribution < 1.29 is 0 Å². The maximum atomic E-state index is 5.28. The third-order valence-corrected chi connectivity index (χ3v) is 8.98. The van der Waals surface area contributed by atoms with E-state index in [0.717, 1.165) is 71.8 Å². The van der Waals surface area contributed by atoms with Crippen LogP contribution in [0.25, 0.3) is 33.3 Å². The quantitative estimate of drug-likeness (QED) is 0.452. The van der Waals surface area contributed by atoms with Crippen LogP contribution in [-0.4, -0.2) is 51.1 Å². The van der Waals surface area contributed by atoms with Crippen LogP contribution in [-0.2, 0) is 0 Å². The van der Waals surface area contributed by atoms with Crippen molar-refractivity contribution in [1.82, 2.24) is 30.2 Å². The van der Waals surface area contributed by atoms with E-state index in [1.165, 1.54) is 55.2 Å². The van der Waals surface area contributed by atoms with Crippen LogP contribution < -0.4 is 10.2 Å². The molecule has 0 spiro atoms. The lowest BCUT2D eigenvalue weighted by Crippen LogP contribution is -2.44. The van der Waals surface area contributed by atoms with Crippen LogP contribution >= 0.6 is 0 Å². The van der Waals surface area contributed by atoms with Crippen molar-refractivity contribution >= 4 is 27.8 Å². The van der Waals surface area contributed by atoms with Crippen molar-refractivity contribution in [3.63, 3.8) is 0 Å². The first kappa shape index (κ1) is 20.2. The van der Waals surface area contributed by atoms with Gasteiger partial charge in [-0.05, 0) is 67.6 Å². The fourth-order valence-corrected chi connectivity index (χ4v) is 7.09. The molecule has 4 aromatic rings. The minimum atomic E-state index is 0.601. The topological polar surface area (TPSA) is 82.6 Å². The van der Waals surface area contributed by atoms with E-state index in [9.17, 15) is 0 Å². The van der Waals surface area contributed by atoms with Crippen LogP contribution in [0, 0.1) is 11.8 Å². The fraction of sp³-hybridized carbons (Fsp3) is 0.500. The number of hydrogen-bond donors (Lipinski definition) is 2. The summed E-state index contributed by atoms with van der Waals surface area (Å²) in [7, 11) is 0. The number of anilines is 1. The van der Waals surface area contributed by atoms with Gasteiger partial charge in [0.25, 0.3) is 0 Å². The number of H-pyrrole nitrogens is 1. The molecule has 1 unspecified atom stereocenters. The predicted octanol–water partition coefficient (Wildman–Crippen LogP) is 4.76. The molecule has 4 fully saturated rings. The molecular formula is C28H31N7. The maximum Gasteiger partial charge on any atom is 0.163 e. The van der Waals surface area contributed by atoms with Crippen LogP contribution in [0.15, 0.2) is 30.7 Å². The summed E-state index contributed by atoms with van der Waals surface area (Å²) in [6.07, 6.45) is 13.9.